The molecule has 19 amide bonds. The van der Waals surface area contributed by atoms with Crippen LogP contribution in [0.4, 0.5) is 0 Å². The van der Waals surface area contributed by atoms with E-state index in [2.05, 4.69) is 128 Å². The lowest BCUT2D eigenvalue weighted by Gasteiger charge is -2.28. The van der Waals surface area contributed by atoms with Gasteiger partial charge in [-0.25, -0.2) is 9.78 Å². The molecule has 31 N–H and O–H groups in total. The molecule has 1 aromatic rings. The number of H-pyrrole nitrogens is 1. The van der Waals surface area contributed by atoms with Crippen molar-refractivity contribution in [3.8, 4) is 0 Å². The monoisotopic (exact) mass is 1780 g/mol. The second kappa shape index (κ2) is 54.9. The van der Waals surface area contributed by atoms with Crippen molar-refractivity contribution in [3.05, 3.63) is 18.2 Å². The molecule has 121 heavy (non-hydrogen) atoms. The van der Waals surface area contributed by atoms with Crippen molar-refractivity contribution in [1.82, 2.24) is 89.7 Å². The third-order valence-electron chi connectivity index (χ3n) is 17.0. The first kappa shape index (κ1) is 107. The van der Waals surface area contributed by atoms with Gasteiger partial charge in [0.05, 0.1) is 44.1 Å². The normalized spacial score (nSPS) is 14.7. The van der Waals surface area contributed by atoms with Crippen molar-refractivity contribution in [2.75, 3.05) is 30.4 Å². The Morgan fingerprint density at radius 1 is 0.364 bits per heavy atom. The predicted octanol–water partition coefficient (Wildman–Crippen LogP) is -12.0. The van der Waals surface area contributed by atoms with Crippen LogP contribution in [0.1, 0.15) is 130 Å². The standard InChI is InChI=1S/C68H108N22O28S3/c1-28(2)16-38(84-54(103)30(5)77-64(113)42(23-91)88-59(108)34(7-12-47(71)93)80-58(107)37(10-15-52(99)100)83-66(115)44(25-120)90-62(111)39(17-29(3)4)85-55(104)32(69)19-53(101)102)61(110)81-35(8-13-48(72)94)60(109)89-45(26-121)67(116)86-40(20-49(73)95)63(112)82-36(9-14-51(97)98)57(106)79-33(6-11-46(70)92)56(105)75-22-50(96)78-43(24-119)65(114)87-41(68(117)118)18-31-21-74-27-76-31/h21,27-30,32-45,91,119-121H,6-20,22-26,69H2,1-5H3,(H2,70,92)(H2,71,93)(H2,72,94)(H2,73,95)(H,74,76)(H,75,105)(H,77,113)(H,78,96)(H,79,106)(H,80,107)(H,81,110)(H,82,112)(H,83,115)(H,84,103)(H,85,104)(H,86,116)(H,87,114)(H,88,108)(H,89,109)(H,90,111)(H,97,98)(H,99,100)(H,101,102)(H,117,118)/t30-,32-,33-,34-,35-,36-,37-,38-,39-,40-,41-,42-,43-,44-,45-/m0/s1. The Morgan fingerprint density at radius 2 is 0.678 bits per heavy atom. The number of nitrogens with one attached hydrogen (secondary N) is 16. The van der Waals surface area contributed by atoms with Crippen molar-refractivity contribution < 1.29 is 136 Å². The molecule has 0 spiro atoms. The first-order chi connectivity index (χ1) is 56.6. The largest absolute Gasteiger partial charge is 0.481 e. The van der Waals surface area contributed by atoms with Crippen molar-refractivity contribution >= 4 is 174 Å². The van der Waals surface area contributed by atoms with Crippen LogP contribution in [0.5, 0.6) is 0 Å². The number of hydrogen-bond donors (Lipinski definition) is 29. The van der Waals surface area contributed by atoms with Crippen LogP contribution in [0.15, 0.2) is 12.5 Å². The van der Waals surface area contributed by atoms with Crippen LogP contribution in [0.3, 0.4) is 0 Å². The molecule has 0 saturated carbocycles. The Bertz CT molecular complexity index is 3860. The number of carboxylic acid groups (broad SMARTS) is 4. The summed E-state index contributed by atoms with van der Waals surface area (Å²) in [5.41, 5.74) is 27.4. The van der Waals surface area contributed by atoms with Gasteiger partial charge in [-0.1, -0.05) is 27.7 Å². The zero-order valence-corrected chi connectivity index (χ0v) is 69.1. The van der Waals surface area contributed by atoms with E-state index in [9.17, 15) is 131 Å². The van der Waals surface area contributed by atoms with Gasteiger partial charge in [-0.2, -0.15) is 37.9 Å². The number of primary amides is 4. The summed E-state index contributed by atoms with van der Waals surface area (Å²) < 4.78 is 0. The van der Waals surface area contributed by atoms with Crippen molar-refractivity contribution in [1.29, 1.82) is 0 Å². The fourth-order valence-corrected chi connectivity index (χ4v) is 11.4. The summed E-state index contributed by atoms with van der Waals surface area (Å²) in [7, 11) is 0. The molecule has 50 nitrogen and oxygen atoms in total. The Balaban J connectivity index is 3.45. The molecule has 0 aromatic carbocycles. The molecule has 0 aliphatic heterocycles. The number of carbonyl (C=O) groups is 23. The minimum absolute atomic E-state index is 0.0548. The van der Waals surface area contributed by atoms with Crippen LogP contribution in [0.25, 0.3) is 0 Å². The SMILES string of the molecule is CC(C)C[C@H](NC(=O)[C@H](C)NC(=O)[C@H](CO)NC(=O)[C@H](CCC(N)=O)NC(=O)[C@H](CCC(=O)O)NC(=O)[C@H](CS)NC(=O)[C@H](CC(C)C)NC(=O)[C@@H](N)CC(=O)O)C(=O)N[C@@H](CCC(N)=O)C(=O)N[C@@H](CS)C(=O)N[C@@H](CC(N)=O)C(=O)N[C@@H](CCC(=O)O)C(=O)N[C@@H](CCC(N)=O)C(=O)NCC(=O)N[C@@H](CS)C(=O)N[C@@H](Cc1c[nH]cn1)C(=O)O. The molecule has 53 heteroatoms. The van der Waals surface area contributed by atoms with Crippen LogP contribution >= 0.6 is 37.9 Å². The van der Waals surface area contributed by atoms with Gasteiger partial charge in [0.2, 0.25) is 112 Å². The highest BCUT2D eigenvalue weighted by atomic mass is 32.1. The summed E-state index contributed by atoms with van der Waals surface area (Å²) in [5, 5.41) is 81.8. The molecule has 0 aliphatic carbocycles. The minimum Gasteiger partial charge on any atom is -0.481 e. The van der Waals surface area contributed by atoms with Crippen LogP contribution in [-0.4, -0.2) is 293 Å². The summed E-state index contributed by atoms with van der Waals surface area (Å²) >= 11 is 12.3. The number of nitrogens with two attached hydrogens (primary N) is 5. The number of aliphatic hydroxyl groups is 1. The number of carbonyl (C=O) groups excluding carboxylic acids is 19. The third-order valence-corrected chi connectivity index (χ3v) is 18.1. The number of hydrogen-bond acceptors (Lipinski definition) is 29. The summed E-state index contributed by atoms with van der Waals surface area (Å²) in [6, 6.07) is -26.1. The summed E-state index contributed by atoms with van der Waals surface area (Å²) in [6.45, 7) is 5.42. The maximum atomic E-state index is 14.2. The Labute approximate surface area is 707 Å². The van der Waals surface area contributed by atoms with Gasteiger partial charge in [-0.15, -0.1) is 0 Å². The number of aliphatic hydroxyl groups excluding tert-OH is 1. The lowest BCUT2D eigenvalue weighted by Crippen LogP contribution is -2.61. The van der Waals surface area contributed by atoms with Crippen molar-refractivity contribution in [3.63, 3.8) is 0 Å². The molecular formula is C68H108N22O28S3. The smallest absolute Gasteiger partial charge is 0.326 e. The Hall–Kier alpha value is -12.0. The van der Waals surface area contributed by atoms with E-state index in [4.69, 9.17) is 33.8 Å². The fourth-order valence-electron chi connectivity index (χ4n) is 10.6. The molecule has 0 aliphatic rings. The summed E-state index contributed by atoms with van der Waals surface area (Å²) in [4.78, 5) is 307. The van der Waals surface area contributed by atoms with E-state index >= 15 is 0 Å². The molecule has 1 heterocycles. The second-order valence-electron chi connectivity index (χ2n) is 28.1. The molecule has 1 rings (SSSR count). The molecule has 0 saturated heterocycles. The van der Waals surface area contributed by atoms with Crippen LogP contribution in [-0.2, 0) is 117 Å². The number of aliphatic carboxylic acids is 4. The minimum atomic E-state index is -2.08. The zero-order chi connectivity index (χ0) is 92.2. The molecule has 15 atom stereocenters. The number of amides is 19. The van der Waals surface area contributed by atoms with E-state index in [0.29, 0.717) is 0 Å². The first-order valence-corrected chi connectivity index (χ1v) is 39.2. The third kappa shape index (κ3) is 42.5. The fraction of sp³-hybridized carbons (Fsp3) is 0.618. The van der Waals surface area contributed by atoms with Gasteiger partial charge in [-0.3, -0.25) is 105 Å². The number of thiol groups is 3. The summed E-state index contributed by atoms with van der Waals surface area (Å²) in [5.74, 6) is -30.5. The van der Waals surface area contributed by atoms with Gasteiger partial charge in [0, 0.05) is 62.0 Å². The van der Waals surface area contributed by atoms with Crippen LogP contribution in [0, 0.1) is 11.8 Å². The highest BCUT2D eigenvalue weighted by Crippen LogP contribution is 2.13. The van der Waals surface area contributed by atoms with E-state index < -0.39 is 334 Å². The number of carboxylic acids is 4. The number of rotatable bonds is 60. The Morgan fingerprint density at radius 3 is 1.02 bits per heavy atom. The molecule has 0 fully saturated rings. The van der Waals surface area contributed by atoms with E-state index in [1.165, 1.54) is 12.5 Å². The van der Waals surface area contributed by atoms with Crippen molar-refractivity contribution in [2.24, 2.45) is 40.5 Å². The maximum absolute atomic E-state index is 14.2. The van der Waals surface area contributed by atoms with E-state index in [0.717, 1.165) is 6.92 Å². The van der Waals surface area contributed by atoms with E-state index in [1.54, 1.807) is 27.7 Å². The first-order valence-electron chi connectivity index (χ1n) is 37.3. The van der Waals surface area contributed by atoms with Gasteiger partial charge >= 0.3 is 23.9 Å². The van der Waals surface area contributed by atoms with Gasteiger partial charge in [0.15, 0.2) is 0 Å². The van der Waals surface area contributed by atoms with E-state index in [1.807, 2.05) is 0 Å². The van der Waals surface area contributed by atoms with Gasteiger partial charge in [0.1, 0.15) is 84.6 Å². The molecular weight excluding hydrogens is 1670 g/mol. The number of aromatic nitrogens is 2. The number of imidazole rings is 1. The second-order valence-corrected chi connectivity index (χ2v) is 29.2. The quantitative estimate of drug-likeness (QED) is 0.0269. The maximum Gasteiger partial charge on any atom is 0.326 e. The van der Waals surface area contributed by atoms with Gasteiger partial charge in [0.25, 0.3) is 0 Å². The van der Waals surface area contributed by atoms with Crippen LogP contribution < -0.4 is 108 Å². The highest BCUT2D eigenvalue weighted by Gasteiger charge is 2.39. The zero-order valence-electron chi connectivity index (χ0n) is 66.4. The Kier molecular flexibility index (Phi) is 48.6. The molecule has 676 valence electrons. The highest BCUT2D eigenvalue weighted by molar-refractivity contribution is 7.80. The molecule has 0 bridgehead atoms. The average Bonchev–Trinajstić information content (AvgIpc) is 1.12. The van der Waals surface area contributed by atoms with Gasteiger partial charge in [-0.05, 0) is 63.7 Å². The molecule has 0 radical (unpaired) electrons. The average molecular weight is 1780 g/mol. The molecule has 1 aromatic heterocycles. The van der Waals surface area contributed by atoms with Gasteiger partial charge < -0.3 is 139 Å². The van der Waals surface area contributed by atoms with Crippen LogP contribution in [0.2, 0.25) is 0 Å². The lowest BCUT2D eigenvalue weighted by atomic mass is 10.0. The number of aromatic amines is 1. The number of nitrogens with zero attached hydrogens (tertiary/aromatic N) is 1. The summed E-state index contributed by atoms with van der Waals surface area (Å²) in [6.07, 6.45) is -6.66. The predicted molar refractivity (Wildman–Crippen MR) is 426 cm³/mol. The topological polar surface area (TPSA) is 833 Å². The molecule has 0 unspecified atom stereocenters. The van der Waals surface area contributed by atoms with Crippen molar-refractivity contribution in [2.45, 2.75) is 222 Å². The van der Waals surface area contributed by atoms with E-state index in [-0.39, 0.29) is 36.6 Å². The lowest BCUT2D eigenvalue weighted by molar-refractivity contribution is -0.142.